The average Bonchev–Trinajstić information content (AvgIpc) is 2.99. The van der Waals surface area contributed by atoms with E-state index in [9.17, 15) is 4.79 Å². The van der Waals surface area contributed by atoms with Gasteiger partial charge in [-0.1, -0.05) is 0 Å². The topological polar surface area (TPSA) is 68.1 Å². The second kappa shape index (κ2) is 3.60. The van der Waals surface area contributed by atoms with E-state index in [1.807, 2.05) is 11.8 Å². The Morgan fingerprint density at radius 3 is 3.06 bits per heavy atom. The highest BCUT2D eigenvalue weighted by Crippen LogP contribution is 2.54. The second-order valence-electron chi connectivity index (χ2n) is 4.91. The highest BCUT2D eigenvalue weighted by atomic mass is 16.6. The fourth-order valence-electron chi connectivity index (χ4n) is 3.16. The predicted octanol–water partition coefficient (Wildman–Crippen LogP) is 0.189. The summed E-state index contributed by atoms with van der Waals surface area (Å²) in [5.74, 6) is 0.896. The number of carbonyl (C=O) groups excluding carboxylic acids is 1. The molecule has 0 aromatic heterocycles. The Kier molecular flexibility index (Phi) is 2.33. The summed E-state index contributed by atoms with van der Waals surface area (Å²) in [5.41, 5.74) is 5.71. The first-order chi connectivity index (χ1) is 7.76. The van der Waals surface area contributed by atoms with Crippen molar-refractivity contribution >= 4 is 6.09 Å². The van der Waals surface area contributed by atoms with Crippen LogP contribution in [0, 0.1) is 11.8 Å². The molecule has 1 aliphatic carbocycles. The van der Waals surface area contributed by atoms with Gasteiger partial charge in [0.1, 0.15) is 6.10 Å². The van der Waals surface area contributed by atoms with Crippen LogP contribution in [0.2, 0.25) is 0 Å². The van der Waals surface area contributed by atoms with Crippen LogP contribution in [0.5, 0.6) is 0 Å². The van der Waals surface area contributed by atoms with Gasteiger partial charge >= 0.3 is 6.09 Å². The number of rotatable bonds is 2. The van der Waals surface area contributed by atoms with Gasteiger partial charge in [-0.05, 0) is 25.8 Å². The number of nitrogens with two attached hydrogens (primary N) is 1. The fraction of sp³-hybridized carbons (Fsp3) is 0.909. The summed E-state index contributed by atoms with van der Waals surface area (Å²) in [6.45, 7) is 3.62. The molecule has 2 N–H and O–H groups in total. The first kappa shape index (κ1) is 10.4. The number of nitrogens with zero attached hydrogens (tertiary/aromatic N) is 1. The molecular weight excluding hydrogens is 208 g/mol. The molecule has 0 radical (unpaired) electrons. The van der Waals surface area contributed by atoms with Gasteiger partial charge in [0.15, 0.2) is 0 Å². The van der Waals surface area contributed by atoms with Crippen molar-refractivity contribution in [2.45, 2.75) is 31.6 Å². The minimum Gasteiger partial charge on any atom is -0.450 e. The van der Waals surface area contributed by atoms with Crippen LogP contribution in [0.25, 0.3) is 0 Å². The first-order valence-electron chi connectivity index (χ1n) is 6.05. The maximum Gasteiger partial charge on any atom is 0.410 e. The minimum absolute atomic E-state index is 0.204. The SMILES string of the molecule is CCOC(=O)N1CC(CN)CC2C1[C@@H]1O[C@H]21. The van der Waals surface area contributed by atoms with Crippen molar-refractivity contribution < 1.29 is 14.3 Å². The van der Waals surface area contributed by atoms with E-state index in [0.29, 0.717) is 31.1 Å². The summed E-state index contributed by atoms with van der Waals surface area (Å²) < 4.78 is 10.6. The first-order valence-corrected chi connectivity index (χ1v) is 6.05. The number of amides is 1. The number of hydrogen-bond acceptors (Lipinski definition) is 4. The molecule has 5 heteroatoms. The van der Waals surface area contributed by atoms with Crippen molar-refractivity contribution in [1.82, 2.24) is 4.90 Å². The molecule has 2 aliphatic heterocycles. The normalized spacial score (nSPS) is 44.1. The number of hydrogen-bond donors (Lipinski definition) is 1. The van der Waals surface area contributed by atoms with E-state index in [2.05, 4.69) is 0 Å². The molecule has 16 heavy (non-hydrogen) atoms. The monoisotopic (exact) mass is 226 g/mol. The third kappa shape index (κ3) is 1.34. The van der Waals surface area contributed by atoms with Gasteiger partial charge in [0.05, 0.1) is 18.8 Å². The molecule has 0 spiro atoms. The van der Waals surface area contributed by atoms with Gasteiger partial charge in [-0.15, -0.1) is 0 Å². The number of epoxide rings is 1. The van der Waals surface area contributed by atoms with Crippen LogP contribution < -0.4 is 5.73 Å². The van der Waals surface area contributed by atoms with Gasteiger partial charge < -0.3 is 20.1 Å². The van der Waals surface area contributed by atoms with Crippen LogP contribution in [0.3, 0.4) is 0 Å². The van der Waals surface area contributed by atoms with E-state index in [-0.39, 0.29) is 18.2 Å². The quantitative estimate of drug-likeness (QED) is 0.682. The summed E-state index contributed by atoms with van der Waals surface area (Å²) in [6.07, 6.45) is 1.58. The highest BCUT2D eigenvalue weighted by molar-refractivity contribution is 5.69. The summed E-state index contributed by atoms with van der Waals surface area (Å²) in [5, 5.41) is 0. The van der Waals surface area contributed by atoms with Crippen molar-refractivity contribution in [3.05, 3.63) is 0 Å². The fourth-order valence-corrected chi connectivity index (χ4v) is 3.16. The molecule has 5 nitrogen and oxygen atoms in total. The zero-order chi connectivity index (χ0) is 11.3. The molecule has 3 aliphatic rings. The number of carbonyl (C=O) groups is 1. The third-order valence-corrected chi connectivity index (χ3v) is 4.01. The van der Waals surface area contributed by atoms with E-state index in [4.69, 9.17) is 15.2 Å². The standard InChI is InChI=1S/C11H18N2O3/c1-2-15-11(14)13-5-6(4-12)3-7-8(13)10-9(7)16-10/h6-10H,2-5,12H2,1H3/t6?,7?,8?,9-,10+/m1/s1. The lowest BCUT2D eigenvalue weighted by Crippen LogP contribution is -2.62. The number of likely N-dealkylation sites (tertiary alicyclic amines) is 1. The zero-order valence-electron chi connectivity index (χ0n) is 9.46. The lowest BCUT2D eigenvalue weighted by Gasteiger charge is -2.47. The Balaban J connectivity index is 1.72. The second-order valence-corrected chi connectivity index (χ2v) is 4.91. The molecular formula is C11H18N2O3. The van der Waals surface area contributed by atoms with Gasteiger partial charge in [-0.3, -0.25) is 0 Å². The molecule has 3 unspecified atom stereocenters. The van der Waals surface area contributed by atoms with Crippen molar-refractivity contribution in [1.29, 1.82) is 0 Å². The van der Waals surface area contributed by atoms with Crippen LogP contribution in [0.15, 0.2) is 0 Å². The van der Waals surface area contributed by atoms with E-state index >= 15 is 0 Å². The largest absolute Gasteiger partial charge is 0.450 e. The van der Waals surface area contributed by atoms with Crippen molar-refractivity contribution in [2.24, 2.45) is 17.6 Å². The van der Waals surface area contributed by atoms with Crippen LogP contribution >= 0.6 is 0 Å². The van der Waals surface area contributed by atoms with Crippen molar-refractivity contribution in [3.63, 3.8) is 0 Å². The Hall–Kier alpha value is -0.810. The number of piperidine rings is 1. The summed E-state index contributed by atoms with van der Waals surface area (Å²) in [4.78, 5) is 13.7. The molecule has 0 bridgehead atoms. The van der Waals surface area contributed by atoms with Crippen LogP contribution in [0.1, 0.15) is 13.3 Å². The third-order valence-electron chi connectivity index (χ3n) is 4.01. The van der Waals surface area contributed by atoms with Gasteiger partial charge in [0.2, 0.25) is 0 Å². The smallest absolute Gasteiger partial charge is 0.410 e. The van der Waals surface area contributed by atoms with Gasteiger partial charge in [0, 0.05) is 12.5 Å². The lowest BCUT2D eigenvalue weighted by molar-refractivity contribution is 0.0136. The average molecular weight is 226 g/mol. The summed E-state index contributed by atoms with van der Waals surface area (Å²) in [6, 6.07) is 0.256. The lowest BCUT2D eigenvalue weighted by atomic mass is 9.70. The van der Waals surface area contributed by atoms with Crippen LogP contribution in [-0.4, -0.2) is 48.9 Å². The Labute approximate surface area is 94.9 Å². The molecule has 90 valence electrons. The van der Waals surface area contributed by atoms with Crippen LogP contribution in [-0.2, 0) is 9.47 Å². The molecule has 0 aromatic rings. The molecule has 2 heterocycles. The van der Waals surface area contributed by atoms with Crippen LogP contribution in [0.4, 0.5) is 4.79 Å². The minimum atomic E-state index is -0.204. The molecule has 2 saturated heterocycles. The van der Waals surface area contributed by atoms with Gasteiger partial charge in [-0.2, -0.15) is 0 Å². The Bertz CT molecular complexity index is 310. The maximum absolute atomic E-state index is 11.8. The Morgan fingerprint density at radius 2 is 2.38 bits per heavy atom. The predicted molar refractivity (Wildman–Crippen MR) is 56.8 cm³/mol. The van der Waals surface area contributed by atoms with E-state index in [1.54, 1.807) is 0 Å². The number of fused-ring (bicyclic) bond motifs is 4. The molecule has 5 atom stereocenters. The Morgan fingerprint density at radius 1 is 1.56 bits per heavy atom. The van der Waals surface area contributed by atoms with Gasteiger partial charge in [-0.25, -0.2) is 4.79 Å². The van der Waals surface area contributed by atoms with Gasteiger partial charge in [0.25, 0.3) is 0 Å². The molecule has 3 rings (SSSR count). The van der Waals surface area contributed by atoms with E-state index in [1.165, 1.54) is 0 Å². The highest BCUT2D eigenvalue weighted by Gasteiger charge is 2.68. The van der Waals surface area contributed by atoms with E-state index < -0.39 is 0 Å². The van der Waals surface area contributed by atoms with Crippen molar-refractivity contribution in [2.75, 3.05) is 19.7 Å². The van der Waals surface area contributed by atoms with Crippen molar-refractivity contribution in [3.8, 4) is 0 Å². The zero-order valence-corrected chi connectivity index (χ0v) is 9.46. The molecule has 0 aromatic carbocycles. The molecule has 1 amide bonds. The molecule has 3 fully saturated rings. The number of ether oxygens (including phenoxy) is 2. The maximum atomic E-state index is 11.8. The summed E-state index contributed by atoms with van der Waals surface area (Å²) in [7, 11) is 0. The summed E-state index contributed by atoms with van der Waals surface area (Å²) >= 11 is 0. The van der Waals surface area contributed by atoms with E-state index in [0.717, 1.165) is 13.0 Å². The molecule has 1 saturated carbocycles.